The van der Waals surface area contributed by atoms with Crippen molar-refractivity contribution in [1.29, 1.82) is 0 Å². The van der Waals surface area contributed by atoms with Gasteiger partial charge in [0, 0.05) is 5.02 Å². The molecule has 0 fully saturated rings. The Hall–Kier alpha value is -3.36. The van der Waals surface area contributed by atoms with Gasteiger partial charge in [0.05, 0.1) is 23.4 Å². The number of halogens is 1. The van der Waals surface area contributed by atoms with Crippen molar-refractivity contribution in [3.63, 3.8) is 0 Å². The zero-order chi connectivity index (χ0) is 25.3. The maximum absolute atomic E-state index is 13.3. The summed E-state index contributed by atoms with van der Waals surface area (Å²) in [5, 5.41) is 4.37. The molecule has 0 aromatic heterocycles. The molecule has 0 aliphatic rings. The number of carbonyl (C=O) groups is 1. The first kappa shape index (κ1) is 26.2. The zero-order valence-electron chi connectivity index (χ0n) is 19.6. The highest BCUT2D eigenvalue weighted by atomic mass is 35.5. The van der Waals surface area contributed by atoms with Crippen molar-refractivity contribution < 1.29 is 17.9 Å². The summed E-state index contributed by atoms with van der Waals surface area (Å²) in [6.07, 6.45) is 3.53. The third-order valence-electron chi connectivity index (χ3n) is 5.11. The van der Waals surface area contributed by atoms with Crippen LogP contribution in [0.4, 0.5) is 5.69 Å². The second-order valence-corrected chi connectivity index (χ2v) is 10.1. The Morgan fingerprint density at radius 3 is 2.46 bits per heavy atom. The molecule has 0 radical (unpaired) electrons. The molecule has 1 N–H and O–H groups in total. The number of carbonyl (C=O) groups excluding carboxylic acids is 1. The average molecular weight is 514 g/mol. The summed E-state index contributed by atoms with van der Waals surface area (Å²) in [5.74, 6) is 0.162. The molecule has 0 aliphatic heterocycles. The van der Waals surface area contributed by atoms with E-state index in [0.29, 0.717) is 11.6 Å². The van der Waals surface area contributed by atoms with Crippen LogP contribution < -0.4 is 14.5 Å². The van der Waals surface area contributed by atoms with E-state index in [0.717, 1.165) is 34.0 Å². The molecular formula is C26H28ClN3O4S. The van der Waals surface area contributed by atoms with Gasteiger partial charge in [-0.1, -0.05) is 49.2 Å². The number of unbranched alkanes of at least 4 members (excludes halogenated alkanes) is 1. The van der Waals surface area contributed by atoms with Gasteiger partial charge in [-0.3, -0.25) is 9.10 Å². The van der Waals surface area contributed by atoms with E-state index in [1.165, 1.54) is 24.4 Å². The Kier molecular flexibility index (Phi) is 9.28. The number of nitrogens with one attached hydrogen (secondary N) is 1. The molecule has 184 valence electrons. The number of anilines is 1. The van der Waals surface area contributed by atoms with Crippen molar-refractivity contribution in [3.05, 3.63) is 88.9 Å². The second-order valence-electron chi connectivity index (χ2n) is 7.82. The fraction of sp³-hybridized carbons (Fsp3) is 0.231. The fourth-order valence-electron chi connectivity index (χ4n) is 3.10. The van der Waals surface area contributed by atoms with Gasteiger partial charge < -0.3 is 4.74 Å². The first-order valence-electron chi connectivity index (χ1n) is 11.2. The van der Waals surface area contributed by atoms with Crippen LogP contribution in [0.2, 0.25) is 5.02 Å². The van der Waals surface area contributed by atoms with Gasteiger partial charge in [-0.15, -0.1) is 0 Å². The fourth-order valence-corrected chi connectivity index (χ4v) is 4.71. The number of benzene rings is 3. The van der Waals surface area contributed by atoms with Gasteiger partial charge in [0.2, 0.25) is 0 Å². The van der Waals surface area contributed by atoms with E-state index in [4.69, 9.17) is 16.3 Å². The Morgan fingerprint density at radius 1 is 1.09 bits per heavy atom. The van der Waals surface area contributed by atoms with Crippen molar-refractivity contribution in [2.45, 2.75) is 31.6 Å². The molecular weight excluding hydrogens is 486 g/mol. The number of nitrogens with zero attached hydrogens (tertiary/aromatic N) is 2. The molecule has 7 nitrogen and oxygen atoms in total. The number of rotatable bonds is 11. The van der Waals surface area contributed by atoms with Gasteiger partial charge in [-0.2, -0.15) is 5.10 Å². The Balaban J connectivity index is 1.73. The molecule has 0 saturated heterocycles. The summed E-state index contributed by atoms with van der Waals surface area (Å²) in [6.45, 7) is 4.10. The predicted molar refractivity (Wildman–Crippen MR) is 140 cm³/mol. The van der Waals surface area contributed by atoms with Gasteiger partial charge in [-0.25, -0.2) is 13.8 Å². The SMILES string of the molecule is CCCCOc1ccc(/C=N\NC(=O)CN(c2ccc(C)c(Cl)c2)S(=O)(=O)c2ccccc2)cc1. The van der Waals surface area contributed by atoms with E-state index in [1.54, 1.807) is 30.3 Å². The topological polar surface area (TPSA) is 88.1 Å². The summed E-state index contributed by atoms with van der Waals surface area (Å²) >= 11 is 6.23. The van der Waals surface area contributed by atoms with Crippen molar-refractivity contribution in [2.24, 2.45) is 5.10 Å². The monoisotopic (exact) mass is 513 g/mol. The average Bonchev–Trinajstić information content (AvgIpc) is 2.86. The van der Waals surface area contributed by atoms with Crippen LogP contribution in [-0.4, -0.2) is 33.7 Å². The normalized spacial score (nSPS) is 11.4. The number of hydrazone groups is 1. The van der Waals surface area contributed by atoms with Crippen molar-refractivity contribution in [2.75, 3.05) is 17.5 Å². The highest BCUT2D eigenvalue weighted by Gasteiger charge is 2.27. The molecule has 3 aromatic carbocycles. The Labute approximate surface area is 211 Å². The summed E-state index contributed by atoms with van der Waals surface area (Å²) in [5.41, 5.74) is 4.23. The van der Waals surface area contributed by atoms with Crippen LogP contribution in [0.15, 0.2) is 82.8 Å². The smallest absolute Gasteiger partial charge is 0.264 e. The van der Waals surface area contributed by atoms with E-state index < -0.39 is 22.5 Å². The van der Waals surface area contributed by atoms with Crippen LogP contribution in [0.25, 0.3) is 0 Å². The van der Waals surface area contributed by atoms with Crippen molar-refractivity contribution in [1.82, 2.24) is 5.43 Å². The lowest BCUT2D eigenvalue weighted by Crippen LogP contribution is -2.39. The minimum Gasteiger partial charge on any atom is -0.494 e. The maximum atomic E-state index is 13.3. The van der Waals surface area contributed by atoms with E-state index in [-0.39, 0.29) is 10.6 Å². The molecule has 0 saturated carbocycles. The minimum absolute atomic E-state index is 0.0641. The number of amides is 1. The van der Waals surface area contributed by atoms with Gasteiger partial charge in [0.15, 0.2) is 0 Å². The molecule has 0 unspecified atom stereocenters. The van der Waals surface area contributed by atoms with Crippen LogP contribution in [-0.2, 0) is 14.8 Å². The molecule has 1 amide bonds. The van der Waals surface area contributed by atoms with Crippen molar-refractivity contribution >= 4 is 39.4 Å². The minimum atomic E-state index is -4.02. The summed E-state index contributed by atoms with van der Waals surface area (Å²) in [6, 6.07) is 20.1. The quantitative estimate of drug-likeness (QED) is 0.217. The highest BCUT2D eigenvalue weighted by molar-refractivity contribution is 7.92. The second kappa shape index (κ2) is 12.4. The van der Waals surface area contributed by atoms with Crippen LogP contribution in [0.1, 0.15) is 30.9 Å². The summed E-state index contributed by atoms with van der Waals surface area (Å²) in [7, 11) is -4.02. The molecule has 0 aliphatic carbocycles. The van der Waals surface area contributed by atoms with E-state index in [9.17, 15) is 13.2 Å². The van der Waals surface area contributed by atoms with Crippen molar-refractivity contribution in [3.8, 4) is 5.75 Å². The van der Waals surface area contributed by atoms with Crippen LogP contribution in [0, 0.1) is 6.92 Å². The van der Waals surface area contributed by atoms with Crippen LogP contribution in [0.3, 0.4) is 0 Å². The lowest BCUT2D eigenvalue weighted by molar-refractivity contribution is -0.119. The molecule has 3 rings (SSSR count). The highest BCUT2D eigenvalue weighted by Crippen LogP contribution is 2.27. The first-order chi connectivity index (χ1) is 16.8. The Morgan fingerprint density at radius 2 is 1.80 bits per heavy atom. The standard InChI is InChI=1S/C26H28ClN3O4S/c1-3-4-16-34-23-14-11-21(12-15-23)18-28-29-26(31)19-30(22-13-10-20(2)25(27)17-22)35(32,33)24-8-6-5-7-9-24/h5-15,17-18H,3-4,16,19H2,1-2H3,(H,29,31)/b28-18-. The predicted octanol–water partition coefficient (Wildman–Crippen LogP) is 5.17. The summed E-state index contributed by atoms with van der Waals surface area (Å²) < 4.78 is 33.3. The van der Waals surface area contributed by atoms with E-state index in [1.807, 2.05) is 31.2 Å². The number of hydrogen-bond acceptors (Lipinski definition) is 5. The molecule has 35 heavy (non-hydrogen) atoms. The number of hydrogen-bond donors (Lipinski definition) is 1. The maximum Gasteiger partial charge on any atom is 0.264 e. The molecule has 3 aromatic rings. The van der Waals surface area contributed by atoms with Gasteiger partial charge >= 0.3 is 0 Å². The molecule has 0 bridgehead atoms. The molecule has 9 heteroatoms. The third-order valence-corrected chi connectivity index (χ3v) is 7.31. The largest absolute Gasteiger partial charge is 0.494 e. The van der Waals surface area contributed by atoms with Gasteiger partial charge in [0.1, 0.15) is 12.3 Å². The lowest BCUT2D eigenvalue weighted by atomic mass is 10.2. The number of sulfonamides is 1. The molecule has 0 heterocycles. The number of aryl methyl sites for hydroxylation is 1. The van der Waals surface area contributed by atoms with E-state index in [2.05, 4.69) is 17.5 Å². The summed E-state index contributed by atoms with van der Waals surface area (Å²) in [4.78, 5) is 12.7. The molecule has 0 atom stereocenters. The Bertz CT molecular complexity index is 1260. The van der Waals surface area contributed by atoms with Gasteiger partial charge in [-0.05, 0) is 73.0 Å². The molecule has 0 spiro atoms. The number of ether oxygens (including phenoxy) is 1. The van der Waals surface area contributed by atoms with Gasteiger partial charge in [0.25, 0.3) is 15.9 Å². The third kappa shape index (κ3) is 7.31. The zero-order valence-corrected chi connectivity index (χ0v) is 21.2. The van der Waals surface area contributed by atoms with Crippen LogP contribution in [0.5, 0.6) is 5.75 Å². The lowest BCUT2D eigenvalue weighted by Gasteiger charge is -2.24. The van der Waals surface area contributed by atoms with Crippen LogP contribution >= 0.6 is 11.6 Å². The first-order valence-corrected chi connectivity index (χ1v) is 13.0. The van der Waals surface area contributed by atoms with E-state index >= 15 is 0 Å².